The summed E-state index contributed by atoms with van der Waals surface area (Å²) in [7, 11) is 1.57. The molecule has 2 aromatic rings. The number of hydrogen-bond donors (Lipinski definition) is 3. The van der Waals surface area contributed by atoms with Gasteiger partial charge < -0.3 is 25.0 Å². The predicted octanol–water partition coefficient (Wildman–Crippen LogP) is 0.477. The molecule has 1 aromatic carbocycles. The van der Waals surface area contributed by atoms with E-state index >= 15 is 0 Å². The van der Waals surface area contributed by atoms with Crippen molar-refractivity contribution < 1.29 is 19.2 Å². The maximum atomic E-state index is 12.1. The summed E-state index contributed by atoms with van der Waals surface area (Å²) in [5, 5.41) is 19.2. The van der Waals surface area contributed by atoms with Gasteiger partial charge in [0.05, 0.1) is 13.2 Å². The Bertz CT molecular complexity index is 694. The highest BCUT2D eigenvalue weighted by molar-refractivity contribution is 5.90. The Labute approximate surface area is 145 Å². The van der Waals surface area contributed by atoms with Gasteiger partial charge in [-0.3, -0.25) is 4.79 Å². The third kappa shape index (κ3) is 4.02. The molecular weight excluding hydrogens is 336 g/mol. The SMILES string of the molecule is COc1cccc(-c2nc(C(=O)NCC3CNCC3O)no2)c1.Cl. The van der Waals surface area contributed by atoms with Gasteiger partial charge in [0.1, 0.15) is 5.75 Å². The van der Waals surface area contributed by atoms with Gasteiger partial charge in [-0.15, -0.1) is 12.4 Å². The lowest BCUT2D eigenvalue weighted by atomic mass is 10.1. The van der Waals surface area contributed by atoms with Gasteiger partial charge in [-0.25, -0.2) is 0 Å². The predicted molar refractivity (Wildman–Crippen MR) is 88.2 cm³/mol. The number of β-amino-alcohol motifs (C(OH)–C–C–N with tert-alkyl or cyclic N) is 1. The normalized spacial score (nSPS) is 19.6. The number of nitrogens with zero attached hydrogens (tertiary/aromatic N) is 2. The van der Waals surface area contributed by atoms with Crippen molar-refractivity contribution in [3.05, 3.63) is 30.1 Å². The number of carbonyl (C=O) groups excluding carboxylic acids is 1. The molecule has 1 saturated heterocycles. The van der Waals surface area contributed by atoms with E-state index in [1.54, 1.807) is 31.4 Å². The van der Waals surface area contributed by atoms with Crippen LogP contribution in [0, 0.1) is 5.92 Å². The molecular formula is C15H19ClN4O4. The highest BCUT2D eigenvalue weighted by Gasteiger charge is 2.26. The second-order valence-corrected chi connectivity index (χ2v) is 5.35. The van der Waals surface area contributed by atoms with Gasteiger partial charge in [-0.05, 0) is 18.2 Å². The van der Waals surface area contributed by atoms with E-state index in [1.807, 2.05) is 0 Å². The van der Waals surface area contributed by atoms with E-state index in [4.69, 9.17) is 9.26 Å². The maximum absolute atomic E-state index is 12.1. The van der Waals surface area contributed by atoms with Crippen molar-refractivity contribution in [3.63, 3.8) is 0 Å². The fourth-order valence-corrected chi connectivity index (χ4v) is 2.42. The monoisotopic (exact) mass is 354 g/mol. The van der Waals surface area contributed by atoms with Crippen LogP contribution in [0.25, 0.3) is 11.5 Å². The van der Waals surface area contributed by atoms with Crippen LogP contribution in [0.5, 0.6) is 5.75 Å². The van der Waals surface area contributed by atoms with E-state index in [-0.39, 0.29) is 30.0 Å². The average Bonchev–Trinajstić information content (AvgIpc) is 3.22. The summed E-state index contributed by atoms with van der Waals surface area (Å²) >= 11 is 0. The van der Waals surface area contributed by atoms with Crippen molar-refractivity contribution >= 4 is 18.3 Å². The molecule has 9 heteroatoms. The molecule has 0 bridgehead atoms. The van der Waals surface area contributed by atoms with Gasteiger partial charge >= 0.3 is 0 Å². The summed E-state index contributed by atoms with van der Waals surface area (Å²) in [6, 6.07) is 7.13. The smallest absolute Gasteiger partial charge is 0.292 e. The Morgan fingerprint density at radius 2 is 2.33 bits per heavy atom. The van der Waals surface area contributed by atoms with E-state index in [0.29, 0.717) is 30.9 Å². The zero-order chi connectivity index (χ0) is 16.2. The van der Waals surface area contributed by atoms with Gasteiger partial charge in [0, 0.05) is 31.1 Å². The van der Waals surface area contributed by atoms with Crippen molar-refractivity contribution in [2.45, 2.75) is 6.10 Å². The van der Waals surface area contributed by atoms with Crippen LogP contribution in [-0.4, -0.2) is 54.0 Å². The van der Waals surface area contributed by atoms with Gasteiger partial charge in [0.15, 0.2) is 0 Å². The van der Waals surface area contributed by atoms with Crippen LogP contribution in [0.3, 0.4) is 0 Å². The minimum absolute atomic E-state index is 0. The molecule has 8 nitrogen and oxygen atoms in total. The molecule has 2 atom stereocenters. The summed E-state index contributed by atoms with van der Waals surface area (Å²) in [6.07, 6.45) is -0.451. The van der Waals surface area contributed by atoms with Gasteiger partial charge in [-0.2, -0.15) is 4.98 Å². The lowest BCUT2D eigenvalue weighted by molar-refractivity contribution is 0.0914. The molecule has 24 heavy (non-hydrogen) atoms. The van der Waals surface area contributed by atoms with Crippen molar-refractivity contribution in [2.24, 2.45) is 5.92 Å². The number of carbonyl (C=O) groups is 1. The molecule has 3 rings (SSSR count). The van der Waals surface area contributed by atoms with Crippen LogP contribution < -0.4 is 15.4 Å². The number of ether oxygens (including phenoxy) is 1. The first-order valence-corrected chi connectivity index (χ1v) is 7.32. The number of aliphatic hydroxyl groups excluding tert-OH is 1. The first-order chi connectivity index (χ1) is 11.2. The molecule has 0 saturated carbocycles. The molecule has 1 aliphatic heterocycles. The molecule has 0 aliphatic carbocycles. The first kappa shape index (κ1) is 18.2. The number of methoxy groups -OCH3 is 1. The van der Waals surface area contributed by atoms with E-state index in [9.17, 15) is 9.90 Å². The second-order valence-electron chi connectivity index (χ2n) is 5.35. The summed E-state index contributed by atoms with van der Waals surface area (Å²) < 4.78 is 10.3. The third-order valence-electron chi connectivity index (χ3n) is 3.77. The van der Waals surface area contributed by atoms with Crippen LogP contribution in [0.15, 0.2) is 28.8 Å². The highest BCUT2D eigenvalue weighted by Crippen LogP contribution is 2.22. The van der Waals surface area contributed by atoms with E-state index in [1.165, 1.54) is 0 Å². The minimum Gasteiger partial charge on any atom is -0.497 e. The zero-order valence-corrected chi connectivity index (χ0v) is 13.9. The van der Waals surface area contributed by atoms with Crippen molar-refractivity contribution in [3.8, 4) is 17.2 Å². The third-order valence-corrected chi connectivity index (χ3v) is 3.77. The van der Waals surface area contributed by atoms with Crippen LogP contribution in [0.1, 0.15) is 10.6 Å². The summed E-state index contributed by atoms with van der Waals surface area (Å²) in [6.45, 7) is 1.57. The largest absolute Gasteiger partial charge is 0.497 e. The highest BCUT2D eigenvalue weighted by atomic mass is 35.5. The Kier molecular flexibility index (Phi) is 6.13. The van der Waals surface area contributed by atoms with Crippen molar-refractivity contribution in [1.29, 1.82) is 0 Å². The topological polar surface area (TPSA) is 110 Å². The van der Waals surface area contributed by atoms with Gasteiger partial charge in [0.25, 0.3) is 17.6 Å². The number of hydrogen-bond acceptors (Lipinski definition) is 7. The molecule has 0 radical (unpaired) electrons. The van der Waals surface area contributed by atoms with E-state index in [2.05, 4.69) is 20.8 Å². The number of amides is 1. The standard InChI is InChI=1S/C15H18N4O4.ClH/c1-22-11-4-2-3-9(5-11)15-18-13(19-23-15)14(21)17-7-10-6-16-8-12(10)20;/h2-5,10,12,16,20H,6-8H2,1H3,(H,17,21);1H. The van der Waals surface area contributed by atoms with Crippen LogP contribution in [0.2, 0.25) is 0 Å². The number of benzene rings is 1. The Balaban J connectivity index is 0.00000208. The Hall–Kier alpha value is -2.16. The van der Waals surface area contributed by atoms with Crippen molar-refractivity contribution in [2.75, 3.05) is 26.7 Å². The number of aliphatic hydroxyl groups is 1. The molecule has 2 unspecified atom stereocenters. The number of halogens is 1. The number of aromatic nitrogens is 2. The lowest BCUT2D eigenvalue weighted by Gasteiger charge is -2.12. The summed E-state index contributed by atoms with van der Waals surface area (Å²) in [5.74, 6) is 0.431. The second kappa shape index (κ2) is 8.09. The van der Waals surface area contributed by atoms with Gasteiger partial charge in [-0.1, -0.05) is 11.2 Å². The van der Waals surface area contributed by atoms with Crippen LogP contribution in [-0.2, 0) is 0 Å². The van der Waals surface area contributed by atoms with E-state index in [0.717, 1.165) is 0 Å². The molecule has 1 fully saturated rings. The quantitative estimate of drug-likeness (QED) is 0.716. The Morgan fingerprint density at radius 3 is 3.04 bits per heavy atom. The average molecular weight is 355 g/mol. The molecule has 1 aromatic heterocycles. The maximum Gasteiger partial charge on any atom is 0.292 e. The minimum atomic E-state index is -0.451. The molecule has 0 spiro atoms. The summed E-state index contributed by atoms with van der Waals surface area (Å²) in [4.78, 5) is 16.1. The number of rotatable bonds is 5. The van der Waals surface area contributed by atoms with Crippen LogP contribution >= 0.6 is 12.4 Å². The van der Waals surface area contributed by atoms with Crippen LogP contribution in [0.4, 0.5) is 0 Å². The molecule has 3 N–H and O–H groups in total. The summed E-state index contributed by atoms with van der Waals surface area (Å²) in [5.41, 5.74) is 0.673. The zero-order valence-electron chi connectivity index (χ0n) is 13.1. The molecule has 2 heterocycles. The fraction of sp³-hybridized carbons (Fsp3) is 0.400. The Morgan fingerprint density at radius 1 is 1.50 bits per heavy atom. The van der Waals surface area contributed by atoms with E-state index < -0.39 is 12.0 Å². The first-order valence-electron chi connectivity index (χ1n) is 7.32. The number of nitrogens with one attached hydrogen (secondary N) is 2. The molecule has 1 aliphatic rings. The fourth-order valence-electron chi connectivity index (χ4n) is 2.42. The van der Waals surface area contributed by atoms with Gasteiger partial charge in [0.2, 0.25) is 0 Å². The molecule has 130 valence electrons. The van der Waals surface area contributed by atoms with Crippen molar-refractivity contribution in [1.82, 2.24) is 20.8 Å². The lowest BCUT2D eigenvalue weighted by Crippen LogP contribution is -2.34. The molecule has 1 amide bonds.